The van der Waals surface area contributed by atoms with Gasteiger partial charge in [-0.05, 0) is 17.7 Å². The molecule has 0 unspecified atom stereocenters. The van der Waals surface area contributed by atoms with Gasteiger partial charge in [-0.25, -0.2) is 4.79 Å². The molecule has 0 aliphatic carbocycles. The molecule has 0 bridgehead atoms. The molecule has 5 heteroatoms. The summed E-state index contributed by atoms with van der Waals surface area (Å²) in [6.45, 7) is 0.398. The Balaban J connectivity index is 2.21. The third-order valence-corrected chi connectivity index (χ3v) is 2.85. The largest absolute Gasteiger partial charge is 0.478 e. The van der Waals surface area contributed by atoms with Crippen molar-refractivity contribution in [2.24, 2.45) is 0 Å². The van der Waals surface area contributed by atoms with Crippen LogP contribution in [0.4, 0.5) is 0 Å². The Morgan fingerprint density at radius 2 is 1.85 bits per heavy atom. The van der Waals surface area contributed by atoms with Crippen LogP contribution in [0.5, 0.6) is 0 Å². The van der Waals surface area contributed by atoms with Crippen LogP contribution < -0.4 is 0 Å². The molecule has 1 amide bonds. The van der Waals surface area contributed by atoms with E-state index in [1.54, 1.807) is 7.05 Å². The molecule has 102 valence electrons. The molecule has 2 rings (SSSR count). The summed E-state index contributed by atoms with van der Waals surface area (Å²) in [5.74, 6) is -1.57. The van der Waals surface area contributed by atoms with Gasteiger partial charge in [-0.3, -0.25) is 9.78 Å². The number of benzene rings is 1. The first kappa shape index (κ1) is 13.7. The maximum absolute atomic E-state index is 12.3. The van der Waals surface area contributed by atoms with Crippen molar-refractivity contribution in [3.05, 3.63) is 65.5 Å². The highest BCUT2D eigenvalue weighted by molar-refractivity contribution is 6.03. The Bertz CT molecular complexity index is 626. The van der Waals surface area contributed by atoms with Crippen molar-refractivity contribution in [1.29, 1.82) is 0 Å². The lowest BCUT2D eigenvalue weighted by Crippen LogP contribution is -2.28. The van der Waals surface area contributed by atoms with E-state index in [4.69, 9.17) is 5.11 Å². The maximum Gasteiger partial charge on any atom is 0.338 e. The fourth-order valence-corrected chi connectivity index (χ4v) is 1.86. The topological polar surface area (TPSA) is 70.5 Å². The number of carboxylic acid groups (broad SMARTS) is 1. The van der Waals surface area contributed by atoms with Gasteiger partial charge >= 0.3 is 5.97 Å². The number of carbonyl (C=O) groups excluding carboxylic acids is 1. The number of amides is 1. The average molecular weight is 270 g/mol. The van der Waals surface area contributed by atoms with E-state index in [1.807, 2.05) is 30.3 Å². The normalized spacial score (nSPS) is 10.1. The quantitative estimate of drug-likeness (QED) is 0.923. The number of rotatable bonds is 4. The summed E-state index contributed by atoms with van der Waals surface area (Å²) >= 11 is 0. The van der Waals surface area contributed by atoms with Crippen LogP contribution in [-0.2, 0) is 6.54 Å². The molecule has 1 aromatic carbocycles. The standard InChI is InChI=1S/C15H14N2O3/c1-17(10-11-6-3-2-4-7-11)14(18)13-12(15(19)20)8-5-9-16-13/h2-9H,10H2,1H3,(H,19,20). The lowest BCUT2D eigenvalue weighted by atomic mass is 10.1. The molecular formula is C15H14N2O3. The van der Waals surface area contributed by atoms with Gasteiger partial charge in [-0.2, -0.15) is 0 Å². The van der Waals surface area contributed by atoms with E-state index in [2.05, 4.69) is 4.98 Å². The smallest absolute Gasteiger partial charge is 0.338 e. The van der Waals surface area contributed by atoms with Gasteiger partial charge in [0.25, 0.3) is 5.91 Å². The van der Waals surface area contributed by atoms with Gasteiger partial charge in [-0.15, -0.1) is 0 Å². The highest BCUT2D eigenvalue weighted by Gasteiger charge is 2.20. The highest BCUT2D eigenvalue weighted by atomic mass is 16.4. The Morgan fingerprint density at radius 1 is 1.15 bits per heavy atom. The van der Waals surface area contributed by atoms with E-state index in [1.165, 1.54) is 23.2 Å². The number of nitrogens with zero attached hydrogens (tertiary/aromatic N) is 2. The van der Waals surface area contributed by atoms with Gasteiger partial charge in [0.2, 0.25) is 0 Å². The number of carboxylic acids is 1. The molecule has 1 aromatic heterocycles. The van der Waals surface area contributed by atoms with E-state index in [0.717, 1.165) is 5.56 Å². The minimum Gasteiger partial charge on any atom is -0.478 e. The first-order chi connectivity index (χ1) is 9.59. The third-order valence-electron chi connectivity index (χ3n) is 2.85. The van der Waals surface area contributed by atoms with Crippen LogP contribution in [0.3, 0.4) is 0 Å². The molecule has 0 aliphatic rings. The summed E-state index contributed by atoms with van der Waals surface area (Å²) in [5.41, 5.74) is 0.840. The lowest BCUT2D eigenvalue weighted by molar-refractivity contribution is 0.0678. The summed E-state index contributed by atoms with van der Waals surface area (Å²) in [6, 6.07) is 12.3. The third kappa shape index (κ3) is 3.00. The number of aromatic carboxylic acids is 1. The fraction of sp³-hybridized carbons (Fsp3) is 0.133. The van der Waals surface area contributed by atoms with Crippen molar-refractivity contribution in [2.75, 3.05) is 7.05 Å². The Kier molecular flexibility index (Phi) is 4.10. The summed E-state index contributed by atoms with van der Waals surface area (Å²) < 4.78 is 0. The van der Waals surface area contributed by atoms with E-state index in [0.29, 0.717) is 6.54 Å². The maximum atomic E-state index is 12.3. The van der Waals surface area contributed by atoms with Crippen LogP contribution in [0.2, 0.25) is 0 Å². The van der Waals surface area contributed by atoms with Gasteiger partial charge in [0.1, 0.15) is 5.69 Å². The van der Waals surface area contributed by atoms with E-state index < -0.39 is 11.9 Å². The van der Waals surface area contributed by atoms with Crippen LogP contribution in [0.15, 0.2) is 48.7 Å². The fourth-order valence-electron chi connectivity index (χ4n) is 1.86. The number of pyridine rings is 1. The molecule has 1 N–H and O–H groups in total. The van der Waals surface area contributed by atoms with Crippen molar-refractivity contribution in [2.45, 2.75) is 6.54 Å². The van der Waals surface area contributed by atoms with Crippen molar-refractivity contribution < 1.29 is 14.7 Å². The minimum atomic E-state index is -1.16. The second-order valence-corrected chi connectivity index (χ2v) is 4.35. The zero-order chi connectivity index (χ0) is 14.5. The molecule has 0 fully saturated rings. The van der Waals surface area contributed by atoms with Crippen molar-refractivity contribution >= 4 is 11.9 Å². The first-order valence-corrected chi connectivity index (χ1v) is 6.07. The second-order valence-electron chi connectivity index (χ2n) is 4.35. The van der Waals surface area contributed by atoms with Gasteiger partial charge in [0.05, 0.1) is 5.56 Å². The predicted molar refractivity (Wildman–Crippen MR) is 73.4 cm³/mol. The molecule has 0 radical (unpaired) electrons. The molecule has 5 nitrogen and oxygen atoms in total. The monoisotopic (exact) mass is 270 g/mol. The van der Waals surface area contributed by atoms with Crippen molar-refractivity contribution in [3.8, 4) is 0 Å². The Labute approximate surface area is 116 Å². The van der Waals surface area contributed by atoms with E-state index in [-0.39, 0.29) is 11.3 Å². The zero-order valence-corrected chi connectivity index (χ0v) is 11.0. The molecule has 2 aromatic rings. The molecule has 20 heavy (non-hydrogen) atoms. The Hall–Kier alpha value is -2.69. The SMILES string of the molecule is CN(Cc1ccccc1)C(=O)c1ncccc1C(=O)O. The number of hydrogen-bond donors (Lipinski definition) is 1. The average Bonchev–Trinajstić information content (AvgIpc) is 2.47. The number of aromatic nitrogens is 1. The van der Waals surface area contributed by atoms with E-state index in [9.17, 15) is 9.59 Å². The van der Waals surface area contributed by atoms with Crippen molar-refractivity contribution in [1.82, 2.24) is 9.88 Å². The summed E-state index contributed by atoms with van der Waals surface area (Å²) in [4.78, 5) is 28.7. The molecule has 0 aliphatic heterocycles. The molecule has 0 spiro atoms. The lowest BCUT2D eigenvalue weighted by Gasteiger charge is -2.17. The summed E-state index contributed by atoms with van der Waals surface area (Å²) in [5, 5.41) is 9.08. The minimum absolute atomic E-state index is 0.0431. The zero-order valence-electron chi connectivity index (χ0n) is 11.0. The van der Waals surface area contributed by atoms with Crippen molar-refractivity contribution in [3.63, 3.8) is 0 Å². The van der Waals surface area contributed by atoms with Gasteiger partial charge < -0.3 is 10.0 Å². The molecule has 0 saturated carbocycles. The van der Waals surface area contributed by atoms with Gasteiger partial charge in [0, 0.05) is 19.8 Å². The van der Waals surface area contributed by atoms with Crippen LogP contribution in [0, 0.1) is 0 Å². The molecular weight excluding hydrogens is 256 g/mol. The van der Waals surface area contributed by atoms with Crippen LogP contribution >= 0.6 is 0 Å². The van der Waals surface area contributed by atoms with Crippen LogP contribution in [0.1, 0.15) is 26.4 Å². The molecule has 0 saturated heterocycles. The van der Waals surface area contributed by atoms with Gasteiger partial charge in [0.15, 0.2) is 0 Å². The molecule has 0 atom stereocenters. The molecule has 1 heterocycles. The first-order valence-electron chi connectivity index (χ1n) is 6.07. The summed E-state index contributed by atoms with van der Waals surface area (Å²) in [6.07, 6.45) is 1.41. The van der Waals surface area contributed by atoms with Crippen LogP contribution in [0.25, 0.3) is 0 Å². The highest BCUT2D eigenvalue weighted by Crippen LogP contribution is 2.11. The number of hydrogen-bond acceptors (Lipinski definition) is 3. The Morgan fingerprint density at radius 3 is 2.50 bits per heavy atom. The van der Waals surface area contributed by atoms with Gasteiger partial charge in [-0.1, -0.05) is 30.3 Å². The number of carbonyl (C=O) groups is 2. The summed E-state index contributed by atoms with van der Waals surface area (Å²) in [7, 11) is 1.62. The van der Waals surface area contributed by atoms with E-state index >= 15 is 0 Å². The predicted octanol–water partition coefficient (Wildman–Crippen LogP) is 2.05. The second kappa shape index (κ2) is 5.97. The van der Waals surface area contributed by atoms with Crippen LogP contribution in [-0.4, -0.2) is 33.9 Å².